The molecule has 0 N–H and O–H groups in total. The zero-order chi connectivity index (χ0) is 13.6. The largest absolute Gasteiger partial charge is 0.617 e. The fraction of sp³-hybridized carbons (Fsp3) is 0.200. The van der Waals surface area contributed by atoms with E-state index in [4.69, 9.17) is 0 Å². The molecule has 0 aliphatic carbocycles. The van der Waals surface area contributed by atoms with Crippen LogP contribution in [0.25, 0.3) is 0 Å². The number of rotatable bonds is 3. The Bertz CT molecular complexity index is 448. The highest BCUT2D eigenvalue weighted by Crippen LogP contribution is 2.20. The minimum atomic E-state index is -1.86. The van der Waals surface area contributed by atoms with E-state index >= 15 is 0 Å². The van der Waals surface area contributed by atoms with Crippen molar-refractivity contribution in [2.45, 2.75) is 0 Å². The topological polar surface area (TPSA) is 114 Å². The van der Waals surface area contributed by atoms with Gasteiger partial charge in [-0.2, -0.15) is 0 Å². The van der Waals surface area contributed by atoms with E-state index in [0.29, 0.717) is 0 Å². The lowest BCUT2D eigenvalue weighted by Crippen LogP contribution is -2.57. The van der Waals surface area contributed by atoms with E-state index in [9.17, 15) is 29.6 Å². The first-order chi connectivity index (χ1) is 8.30. The van der Waals surface area contributed by atoms with Crippen molar-refractivity contribution in [3.8, 4) is 0 Å². The normalized spacial score (nSPS) is 24.3. The van der Waals surface area contributed by atoms with Crippen LogP contribution in [0.5, 0.6) is 0 Å². The molecule has 0 atom stereocenters. The van der Waals surface area contributed by atoms with E-state index in [-0.39, 0.29) is 0 Å². The molecule has 4 amide bonds. The average Bonchev–Trinajstić information content (AvgIpc) is 2.74. The van der Waals surface area contributed by atoms with Gasteiger partial charge >= 0.3 is 23.6 Å². The molecule has 2 aliphatic heterocycles. The summed E-state index contributed by atoms with van der Waals surface area (Å²) in [6.07, 6.45) is 3.26. The highest BCUT2D eigenvalue weighted by Gasteiger charge is 2.44. The summed E-state index contributed by atoms with van der Waals surface area (Å²) < 4.78 is -3.72. The average molecular weight is 252 g/mol. The fourth-order valence-corrected chi connectivity index (χ4v) is 1.71. The number of carbonyl (C=O) groups is 4. The van der Waals surface area contributed by atoms with E-state index in [1.165, 1.54) is 0 Å². The molecule has 0 spiro atoms. The summed E-state index contributed by atoms with van der Waals surface area (Å²) >= 11 is 0. The van der Waals surface area contributed by atoms with Crippen molar-refractivity contribution in [3.05, 3.63) is 34.7 Å². The van der Waals surface area contributed by atoms with Crippen LogP contribution >= 0.6 is 0 Å². The first-order valence-corrected chi connectivity index (χ1v) is 5.03. The van der Waals surface area contributed by atoms with Crippen LogP contribution in [0.2, 0.25) is 0 Å². The highest BCUT2D eigenvalue weighted by molar-refractivity contribution is 6.05. The van der Waals surface area contributed by atoms with Crippen molar-refractivity contribution in [2.24, 2.45) is 0 Å². The third-order valence-corrected chi connectivity index (χ3v) is 2.89. The Morgan fingerprint density at radius 2 is 0.889 bits per heavy atom. The number of carbonyl (C=O) groups excluding carboxylic acids is 4. The molecule has 2 aliphatic rings. The Labute approximate surface area is 101 Å². The van der Waals surface area contributed by atoms with E-state index in [2.05, 4.69) is 0 Å². The lowest BCUT2D eigenvalue weighted by Gasteiger charge is -2.37. The molecule has 2 rings (SSSR count). The quantitative estimate of drug-likeness (QED) is 0.356. The molecule has 0 bridgehead atoms. The maximum absolute atomic E-state index is 11.9. The van der Waals surface area contributed by atoms with Gasteiger partial charge < -0.3 is 10.4 Å². The van der Waals surface area contributed by atoms with E-state index in [1.54, 1.807) is 0 Å². The predicted octanol–water partition coefficient (Wildman–Crippen LogP) is -1.14. The number of hydrogen-bond donors (Lipinski definition) is 0. The first kappa shape index (κ1) is 12.5. The third kappa shape index (κ3) is 1.56. The highest BCUT2D eigenvalue weighted by atomic mass is 16.6. The molecule has 0 fully saturated rings. The van der Waals surface area contributed by atoms with Gasteiger partial charge in [-0.25, -0.2) is 28.5 Å². The maximum atomic E-state index is 11.9. The van der Waals surface area contributed by atoms with E-state index in [1.807, 2.05) is 0 Å². The molecule has 8 heteroatoms. The van der Waals surface area contributed by atoms with Gasteiger partial charge in [0.15, 0.2) is 0 Å². The van der Waals surface area contributed by atoms with Crippen molar-refractivity contribution < 1.29 is 28.5 Å². The van der Waals surface area contributed by atoms with Gasteiger partial charge in [0.1, 0.15) is 13.1 Å². The molecular formula is C10H8N2O6. The number of hydrogen-bond acceptors (Lipinski definition) is 6. The number of imide groups is 2. The van der Waals surface area contributed by atoms with Gasteiger partial charge in [0.2, 0.25) is 0 Å². The summed E-state index contributed by atoms with van der Waals surface area (Å²) in [5.41, 5.74) is 0. The van der Waals surface area contributed by atoms with Gasteiger partial charge in [0.05, 0.1) is 24.3 Å². The Kier molecular flexibility index (Phi) is 2.60. The minimum absolute atomic E-state index is 0.743. The zero-order valence-electron chi connectivity index (χ0n) is 9.07. The Hall–Kier alpha value is -2.00. The molecule has 0 aromatic heterocycles. The van der Waals surface area contributed by atoms with Gasteiger partial charge in [0, 0.05) is 0 Å². The number of nitrogens with zero attached hydrogens (tertiary/aromatic N) is 2. The number of hydroxylamine groups is 6. The monoisotopic (exact) mass is 252 g/mol. The second kappa shape index (κ2) is 3.75. The van der Waals surface area contributed by atoms with Crippen LogP contribution in [-0.2, 0) is 19.2 Å². The number of quaternary nitrogens is 2. The summed E-state index contributed by atoms with van der Waals surface area (Å²) in [6, 6.07) is 0. The Balaban J connectivity index is 2.14. The molecule has 18 heavy (non-hydrogen) atoms. The van der Waals surface area contributed by atoms with Gasteiger partial charge in [-0.05, 0) is 0 Å². The summed E-state index contributed by atoms with van der Waals surface area (Å²) in [5.74, 6) is -4.06. The van der Waals surface area contributed by atoms with Crippen LogP contribution < -0.4 is 0 Å². The van der Waals surface area contributed by atoms with Gasteiger partial charge in [-0.1, -0.05) is 0 Å². The van der Waals surface area contributed by atoms with E-state index < -0.39 is 46.0 Å². The van der Waals surface area contributed by atoms with Gasteiger partial charge in [0.25, 0.3) is 0 Å². The van der Waals surface area contributed by atoms with Crippen molar-refractivity contribution in [3.63, 3.8) is 0 Å². The first-order valence-electron chi connectivity index (χ1n) is 5.03. The summed E-state index contributed by atoms with van der Waals surface area (Å²) in [7, 11) is 0. The van der Waals surface area contributed by atoms with Crippen LogP contribution in [0, 0.1) is 10.4 Å². The lowest BCUT2D eigenvalue weighted by atomic mass is 10.4. The molecule has 0 saturated carbocycles. The third-order valence-electron chi connectivity index (χ3n) is 2.89. The predicted molar refractivity (Wildman–Crippen MR) is 55.3 cm³/mol. The second-order valence-corrected chi connectivity index (χ2v) is 3.95. The molecule has 0 aromatic rings. The van der Waals surface area contributed by atoms with Crippen molar-refractivity contribution in [1.29, 1.82) is 0 Å². The van der Waals surface area contributed by atoms with Gasteiger partial charge in [-0.3, -0.25) is 0 Å². The summed E-state index contributed by atoms with van der Waals surface area (Å²) in [5, 5.41) is 23.7. The van der Waals surface area contributed by atoms with Crippen LogP contribution in [0.15, 0.2) is 24.3 Å². The smallest absolute Gasteiger partial charge is 0.346 e. The molecule has 8 nitrogen and oxygen atoms in total. The molecule has 0 unspecified atom stereocenters. The molecule has 0 radical (unpaired) electrons. The summed E-state index contributed by atoms with van der Waals surface area (Å²) in [4.78, 5) is 44.9. The van der Waals surface area contributed by atoms with E-state index in [0.717, 1.165) is 24.3 Å². The van der Waals surface area contributed by atoms with Crippen molar-refractivity contribution >= 4 is 23.6 Å². The van der Waals surface area contributed by atoms with Crippen LogP contribution in [0.3, 0.4) is 0 Å². The molecule has 0 saturated heterocycles. The molecule has 2 heterocycles. The zero-order valence-corrected chi connectivity index (χ0v) is 9.07. The Morgan fingerprint density at radius 3 is 1.11 bits per heavy atom. The Morgan fingerprint density at radius 1 is 0.667 bits per heavy atom. The molecular weight excluding hydrogens is 244 g/mol. The summed E-state index contributed by atoms with van der Waals surface area (Å²) in [6.45, 7) is -1.49. The molecule has 0 aromatic carbocycles. The SMILES string of the molecule is O=C1C=CC(=O)[N+]1([O-])CC[N+]1([O-])C(=O)C=CC1=O. The van der Waals surface area contributed by atoms with Gasteiger partial charge in [-0.15, -0.1) is 0 Å². The van der Waals surface area contributed by atoms with Crippen molar-refractivity contribution in [2.75, 3.05) is 13.1 Å². The van der Waals surface area contributed by atoms with Crippen LogP contribution in [0.1, 0.15) is 0 Å². The van der Waals surface area contributed by atoms with Crippen LogP contribution in [-0.4, -0.2) is 46.0 Å². The van der Waals surface area contributed by atoms with Crippen molar-refractivity contribution in [1.82, 2.24) is 0 Å². The van der Waals surface area contributed by atoms with Crippen LogP contribution in [0.4, 0.5) is 0 Å². The maximum Gasteiger partial charge on any atom is 0.346 e. The standard InChI is InChI=1S/C10H8N2O6/c13-7-1-2-8(14)11(7,17)5-6-12(18)9(15)3-4-10(12)16/h1-4H,5-6H2. The lowest BCUT2D eigenvalue weighted by molar-refractivity contribution is -0.779. The number of amides is 4. The minimum Gasteiger partial charge on any atom is -0.617 e. The second-order valence-electron chi connectivity index (χ2n) is 3.95. The molecule has 94 valence electrons. The fourth-order valence-electron chi connectivity index (χ4n) is 1.71.